The summed E-state index contributed by atoms with van der Waals surface area (Å²) in [6, 6.07) is 12.4. The van der Waals surface area contributed by atoms with Crippen LogP contribution in [0.5, 0.6) is 0 Å². The molecule has 3 rings (SSSR count). The Hall–Kier alpha value is -2.21. The first-order valence-corrected chi connectivity index (χ1v) is 7.54. The summed E-state index contributed by atoms with van der Waals surface area (Å²) in [7, 11) is -3.17. The standard InChI is InChI=1S/C13H11N3O2S/c1-19(17,18)11-7-5-10(6-8-11)12-3-2-4-13-14-9-15-16(12)13/h2-9H,1H3. The van der Waals surface area contributed by atoms with Gasteiger partial charge in [0.2, 0.25) is 0 Å². The molecule has 19 heavy (non-hydrogen) atoms. The maximum Gasteiger partial charge on any atom is 0.175 e. The van der Waals surface area contributed by atoms with Gasteiger partial charge in [0.25, 0.3) is 0 Å². The summed E-state index contributed by atoms with van der Waals surface area (Å²) < 4.78 is 24.6. The number of hydrogen-bond donors (Lipinski definition) is 0. The monoisotopic (exact) mass is 273 g/mol. The molecule has 0 saturated carbocycles. The predicted octanol–water partition coefficient (Wildman–Crippen LogP) is 1.80. The largest absolute Gasteiger partial charge is 0.224 e. The zero-order valence-electron chi connectivity index (χ0n) is 10.2. The average Bonchev–Trinajstić information content (AvgIpc) is 2.86. The summed E-state index contributed by atoms with van der Waals surface area (Å²) in [6.45, 7) is 0. The number of benzene rings is 1. The van der Waals surface area contributed by atoms with Crippen LogP contribution in [0.15, 0.2) is 53.7 Å². The third-order valence-corrected chi connectivity index (χ3v) is 4.01. The lowest BCUT2D eigenvalue weighted by molar-refractivity contribution is 0.602. The number of pyridine rings is 1. The van der Waals surface area contributed by atoms with Crippen LogP contribution in [-0.2, 0) is 9.84 Å². The zero-order valence-corrected chi connectivity index (χ0v) is 11.0. The minimum Gasteiger partial charge on any atom is -0.224 e. The number of nitrogens with zero attached hydrogens (tertiary/aromatic N) is 3. The van der Waals surface area contributed by atoms with Gasteiger partial charge in [-0.3, -0.25) is 0 Å². The van der Waals surface area contributed by atoms with Crippen molar-refractivity contribution in [2.45, 2.75) is 4.90 Å². The molecular formula is C13H11N3O2S. The van der Waals surface area contributed by atoms with E-state index < -0.39 is 9.84 Å². The van der Waals surface area contributed by atoms with Crippen molar-refractivity contribution in [3.05, 3.63) is 48.8 Å². The van der Waals surface area contributed by atoms with Crippen molar-refractivity contribution in [3.63, 3.8) is 0 Å². The molecule has 5 nitrogen and oxygen atoms in total. The van der Waals surface area contributed by atoms with E-state index in [4.69, 9.17) is 0 Å². The molecule has 0 fully saturated rings. The molecule has 0 atom stereocenters. The van der Waals surface area contributed by atoms with Crippen molar-refractivity contribution in [2.24, 2.45) is 0 Å². The van der Waals surface area contributed by atoms with Crippen molar-refractivity contribution in [1.29, 1.82) is 0 Å². The summed E-state index contributed by atoms with van der Waals surface area (Å²) in [5, 5.41) is 4.15. The van der Waals surface area contributed by atoms with Crippen LogP contribution in [0.25, 0.3) is 16.9 Å². The lowest BCUT2D eigenvalue weighted by Crippen LogP contribution is -1.97. The molecular weight excluding hydrogens is 262 g/mol. The minimum absolute atomic E-state index is 0.307. The highest BCUT2D eigenvalue weighted by Gasteiger charge is 2.08. The Labute approximate surface area is 110 Å². The van der Waals surface area contributed by atoms with Crippen molar-refractivity contribution in [2.75, 3.05) is 6.26 Å². The Morgan fingerprint density at radius 3 is 2.47 bits per heavy atom. The van der Waals surface area contributed by atoms with Crippen molar-refractivity contribution in [1.82, 2.24) is 14.6 Å². The quantitative estimate of drug-likeness (QED) is 0.714. The fourth-order valence-corrected chi connectivity index (χ4v) is 2.57. The van der Waals surface area contributed by atoms with Gasteiger partial charge in [-0.1, -0.05) is 18.2 Å². The van der Waals surface area contributed by atoms with Crippen LogP contribution in [0.4, 0.5) is 0 Å². The molecule has 1 aromatic carbocycles. The van der Waals surface area contributed by atoms with Crippen LogP contribution in [0.1, 0.15) is 0 Å². The molecule has 0 saturated heterocycles. The second-order valence-electron chi connectivity index (χ2n) is 4.24. The maximum absolute atomic E-state index is 11.4. The van der Waals surface area contributed by atoms with E-state index in [9.17, 15) is 8.42 Å². The molecule has 0 N–H and O–H groups in total. The molecule has 96 valence electrons. The van der Waals surface area contributed by atoms with Crippen molar-refractivity contribution >= 4 is 15.5 Å². The van der Waals surface area contributed by atoms with Crippen LogP contribution in [0.3, 0.4) is 0 Å². The molecule has 2 aromatic heterocycles. The number of fused-ring (bicyclic) bond motifs is 1. The number of sulfone groups is 1. The van der Waals surface area contributed by atoms with Gasteiger partial charge in [-0.15, -0.1) is 0 Å². The lowest BCUT2D eigenvalue weighted by atomic mass is 10.1. The Bertz CT molecular complexity index is 836. The molecule has 0 spiro atoms. The average molecular weight is 273 g/mol. The van der Waals surface area contributed by atoms with Gasteiger partial charge in [-0.25, -0.2) is 17.9 Å². The highest BCUT2D eigenvalue weighted by Crippen LogP contribution is 2.21. The Balaban J connectivity index is 2.15. The predicted molar refractivity (Wildman–Crippen MR) is 71.5 cm³/mol. The van der Waals surface area contributed by atoms with Crippen LogP contribution in [0.2, 0.25) is 0 Å². The number of aromatic nitrogens is 3. The minimum atomic E-state index is -3.17. The second-order valence-corrected chi connectivity index (χ2v) is 6.25. The smallest absolute Gasteiger partial charge is 0.175 e. The zero-order chi connectivity index (χ0) is 13.5. The van der Waals surface area contributed by atoms with Gasteiger partial charge in [0.1, 0.15) is 6.33 Å². The Kier molecular flexibility index (Phi) is 2.60. The van der Waals surface area contributed by atoms with Gasteiger partial charge in [-0.2, -0.15) is 5.10 Å². The van der Waals surface area contributed by atoms with E-state index in [2.05, 4.69) is 10.1 Å². The normalized spacial score (nSPS) is 11.8. The Morgan fingerprint density at radius 1 is 1.05 bits per heavy atom. The molecule has 2 heterocycles. The van der Waals surface area contributed by atoms with Gasteiger partial charge in [0.15, 0.2) is 15.5 Å². The van der Waals surface area contributed by atoms with E-state index in [0.29, 0.717) is 4.90 Å². The van der Waals surface area contributed by atoms with Gasteiger partial charge in [-0.05, 0) is 24.3 Å². The molecule has 0 bridgehead atoms. The molecule has 0 unspecified atom stereocenters. The topological polar surface area (TPSA) is 64.3 Å². The number of rotatable bonds is 2. The summed E-state index contributed by atoms with van der Waals surface area (Å²) in [6.07, 6.45) is 2.68. The molecule has 0 radical (unpaired) electrons. The van der Waals surface area contributed by atoms with E-state index in [0.717, 1.165) is 16.9 Å². The second kappa shape index (κ2) is 4.17. The number of hydrogen-bond acceptors (Lipinski definition) is 4. The van der Waals surface area contributed by atoms with E-state index in [1.54, 1.807) is 28.8 Å². The highest BCUT2D eigenvalue weighted by molar-refractivity contribution is 7.90. The molecule has 0 amide bonds. The Morgan fingerprint density at radius 2 is 1.79 bits per heavy atom. The fraction of sp³-hybridized carbons (Fsp3) is 0.0769. The molecule has 0 aliphatic rings. The van der Waals surface area contributed by atoms with Gasteiger partial charge in [0.05, 0.1) is 10.6 Å². The summed E-state index contributed by atoms with van der Waals surface area (Å²) in [5.74, 6) is 0. The third-order valence-electron chi connectivity index (χ3n) is 2.88. The van der Waals surface area contributed by atoms with E-state index in [1.165, 1.54) is 12.6 Å². The summed E-state index contributed by atoms with van der Waals surface area (Å²) >= 11 is 0. The third kappa shape index (κ3) is 2.10. The van der Waals surface area contributed by atoms with E-state index >= 15 is 0 Å². The SMILES string of the molecule is CS(=O)(=O)c1ccc(-c2cccc3ncnn23)cc1. The van der Waals surface area contributed by atoms with Crippen LogP contribution in [0, 0.1) is 0 Å². The summed E-state index contributed by atoms with van der Waals surface area (Å²) in [5.41, 5.74) is 2.52. The van der Waals surface area contributed by atoms with Gasteiger partial charge < -0.3 is 0 Å². The van der Waals surface area contributed by atoms with Crippen LogP contribution >= 0.6 is 0 Å². The first-order chi connectivity index (χ1) is 9.05. The molecule has 0 aliphatic carbocycles. The van der Waals surface area contributed by atoms with E-state index in [-0.39, 0.29) is 0 Å². The fourth-order valence-electron chi connectivity index (χ4n) is 1.94. The van der Waals surface area contributed by atoms with Gasteiger partial charge >= 0.3 is 0 Å². The van der Waals surface area contributed by atoms with Crippen molar-refractivity contribution in [3.8, 4) is 11.3 Å². The molecule has 3 aromatic rings. The van der Waals surface area contributed by atoms with Crippen LogP contribution in [-0.4, -0.2) is 29.3 Å². The summed E-state index contributed by atoms with van der Waals surface area (Å²) in [4.78, 5) is 4.43. The lowest BCUT2D eigenvalue weighted by Gasteiger charge is -2.05. The van der Waals surface area contributed by atoms with Crippen molar-refractivity contribution < 1.29 is 8.42 Å². The van der Waals surface area contributed by atoms with Crippen LogP contribution < -0.4 is 0 Å². The highest BCUT2D eigenvalue weighted by atomic mass is 32.2. The molecule has 0 aliphatic heterocycles. The van der Waals surface area contributed by atoms with E-state index in [1.807, 2.05) is 18.2 Å². The first-order valence-electron chi connectivity index (χ1n) is 5.65. The maximum atomic E-state index is 11.4. The molecule has 6 heteroatoms. The first kappa shape index (κ1) is 11.9. The van der Waals surface area contributed by atoms with Gasteiger partial charge in [0, 0.05) is 11.8 Å².